The third-order valence-corrected chi connectivity index (χ3v) is 3.25. The highest BCUT2D eigenvalue weighted by Gasteiger charge is 2.26. The smallest absolute Gasteiger partial charge is 0.408 e. The molecule has 0 heterocycles. The van der Waals surface area contributed by atoms with Crippen LogP contribution in [0.25, 0.3) is 0 Å². The average Bonchev–Trinajstić information content (AvgIpc) is 2.54. The summed E-state index contributed by atoms with van der Waals surface area (Å²) in [7, 11) is 0. The Morgan fingerprint density at radius 3 is 2.27 bits per heavy atom. The standard InChI is InChI=1S/C19H20F2N2O3/c1-19(2,3)26-18(25)23-16(12-7-5-4-6-8-12)17(24)22-15-10-9-13(20)11-14(15)21/h4-11,16H,1-3H3,(H,22,24)(H,23,25). The molecular formula is C19H20F2N2O3. The maximum Gasteiger partial charge on any atom is 0.408 e. The van der Waals surface area contributed by atoms with Gasteiger partial charge < -0.3 is 15.4 Å². The largest absolute Gasteiger partial charge is 0.444 e. The molecule has 1 unspecified atom stereocenters. The van der Waals surface area contributed by atoms with Crippen LogP contribution in [0.2, 0.25) is 0 Å². The van der Waals surface area contributed by atoms with Crippen molar-refractivity contribution < 1.29 is 23.1 Å². The number of benzene rings is 2. The summed E-state index contributed by atoms with van der Waals surface area (Å²) in [4.78, 5) is 24.7. The van der Waals surface area contributed by atoms with Crippen LogP contribution in [0.4, 0.5) is 19.3 Å². The Kier molecular flexibility index (Phi) is 5.92. The highest BCUT2D eigenvalue weighted by atomic mass is 19.1. The van der Waals surface area contributed by atoms with E-state index in [0.29, 0.717) is 11.6 Å². The van der Waals surface area contributed by atoms with Gasteiger partial charge in [0, 0.05) is 6.07 Å². The van der Waals surface area contributed by atoms with Crippen molar-refractivity contribution in [2.45, 2.75) is 32.4 Å². The first-order valence-corrected chi connectivity index (χ1v) is 7.96. The molecule has 2 aromatic carbocycles. The highest BCUT2D eigenvalue weighted by molar-refractivity contribution is 5.97. The minimum Gasteiger partial charge on any atom is -0.444 e. The molecule has 1 atom stereocenters. The number of hydrogen-bond acceptors (Lipinski definition) is 3. The zero-order valence-corrected chi connectivity index (χ0v) is 14.7. The molecule has 0 aromatic heterocycles. The van der Waals surface area contributed by atoms with Crippen molar-refractivity contribution in [3.63, 3.8) is 0 Å². The fourth-order valence-corrected chi connectivity index (χ4v) is 2.17. The van der Waals surface area contributed by atoms with Crippen LogP contribution in [0, 0.1) is 11.6 Å². The molecule has 7 heteroatoms. The van der Waals surface area contributed by atoms with Gasteiger partial charge in [-0.05, 0) is 38.5 Å². The lowest BCUT2D eigenvalue weighted by Crippen LogP contribution is -2.40. The number of rotatable bonds is 4. The fourth-order valence-electron chi connectivity index (χ4n) is 2.17. The number of ether oxygens (including phenoxy) is 1. The second-order valence-corrected chi connectivity index (χ2v) is 6.60. The summed E-state index contributed by atoms with van der Waals surface area (Å²) in [5.74, 6) is -2.36. The van der Waals surface area contributed by atoms with Gasteiger partial charge in [-0.25, -0.2) is 13.6 Å². The number of nitrogens with one attached hydrogen (secondary N) is 2. The van der Waals surface area contributed by atoms with E-state index in [-0.39, 0.29) is 5.69 Å². The molecule has 0 fully saturated rings. The SMILES string of the molecule is CC(C)(C)OC(=O)NC(C(=O)Nc1ccc(F)cc1F)c1ccccc1. The quantitative estimate of drug-likeness (QED) is 0.858. The molecule has 0 aliphatic carbocycles. The molecule has 0 bridgehead atoms. The van der Waals surface area contributed by atoms with Gasteiger partial charge in [-0.3, -0.25) is 4.79 Å². The lowest BCUT2D eigenvalue weighted by molar-refractivity contribution is -0.118. The van der Waals surface area contributed by atoms with Crippen molar-refractivity contribution in [2.24, 2.45) is 0 Å². The summed E-state index contributed by atoms with van der Waals surface area (Å²) >= 11 is 0. The number of anilines is 1. The van der Waals surface area contributed by atoms with Gasteiger partial charge in [-0.2, -0.15) is 0 Å². The van der Waals surface area contributed by atoms with E-state index in [1.54, 1.807) is 51.1 Å². The first-order valence-electron chi connectivity index (χ1n) is 7.96. The van der Waals surface area contributed by atoms with Crippen LogP contribution in [0.5, 0.6) is 0 Å². The van der Waals surface area contributed by atoms with Gasteiger partial charge in [0.1, 0.15) is 23.3 Å². The van der Waals surface area contributed by atoms with Crippen LogP contribution in [-0.2, 0) is 9.53 Å². The Hall–Kier alpha value is -2.96. The van der Waals surface area contributed by atoms with Gasteiger partial charge in [0.05, 0.1) is 5.69 Å². The summed E-state index contributed by atoms with van der Waals surface area (Å²) in [6.07, 6.45) is -0.791. The zero-order valence-electron chi connectivity index (χ0n) is 14.7. The molecule has 0 radical (unpaired) electrons. The van der Waals surface area contributed by atoms with E-state index < -0.39 is 35.3 Å². The molecule has 2 N–H and O–H groups in total. The molecule has 2 aromatic rings. The third kappa shape index (κ3) is 5.54. The van der Waals surface area contributed by atoms with Crippen molar-refractivity contribution in [3.05, 3.63) is 65.7 Å². The van der Waals surface area contributed by atoms with Crippen molar-refractivity contribution in [2.75, 3.05) is 5.32 Å². The summed E-state index contributed by atoms with van der Waals surface area (Å²) in [5.41, 5.74) is -0.452. The van der Waals surface area contributed by atoms with E-state index in [1.165, 1.54) is 0 Å². The average molecular weight is 362 g/mol. The van der Waals surface area contributed by atoms with Gasteiger partial charge in [0.2, 0.25) is 0 Å². The summed E-state index contributed by atoms with van der Waals surface area (Å²) < 4.78 is 32.0. The molecular weight excluding hydrogens is 342 g/mol. The fraction of sp³-hybridized carbons (Fsp3) is 0.263. The van der Waals surface area contributed by atoms with E-state index in [4.69, 9.17) is 4.74 Å². The number of alkyl carbamates (subject to hydrolysis) is 1. The third-order valence-electron chi connectivity index (χ3n) is 3.25. The van der Waals surface area contributed by atoms with E-state index in [2.05, 4.69) is 10.6 Å². The second kappa shape index (κ2) is 7.95. The first-order chi connectivity index (χ1) is 12.2. The van der Waals surface area contributed by atoms with Crippen molar-refractivity contribution in [1.29, 1.82) is 0 Å². The van der Waals surface area contributed by atoms with Gasteiger partial charge in [-0.1, -0.05) is 30.3 Å². The van der Waals surface area contributed by atoms with Crippen LogP contribution < -0.4 is 10.6 Å². The lowest BCUT2D eigenvalue weighted by Gasteiger charge is -2.23. The van der Waals surface area contributed by atoms with Gasteiger partial charge in [0.25, 0.3) is 5.91 Å². The minimum atomic E-state index is -1.12. The summed E-state index contributed by atoms with van der Waals surface area (Å²) in [6.45, 7) is 5.08. The number of carbonyl (C=O) groups is 2. The maximum absolute atomic E-state index is 13.8. The van der Waals surface area contributed by atoms with Crippen LogP contribution >= 0.6 is 0 Å². The predicted molar refractivity (Wildman–Crippen MR) is 93.5 cm³/mol. The normalized spacial score (nSPS) is 12.2. The van der Waals surface area contributed by atoms with Gasteiger partial charge in [-0.15, -0.1) is 0 Å². The molecule has 5 nitrogen and oxygen atoms in total. The summed E-state index contributed by atoms with van der Waals surface area (Å²) in [5, 5.41) is 4.82. The monoisotopic (exact) mass is 362 g/mol. The minimum absolute atomic E-state index is 0.191. The Labute approximate surface area is 150 Å². The Morgan fingerprint density at radius 2 is 1.69 bits per heavy atom. The van der Waals surface area contributed by atoms with Crippen LogP contribution in [-0.4, -0.2) is 17.6 Å². The highest BCUT2D eigenvalue weighted by Crippen LogP contribution is 2.20. The topological polar surface area (TPSA) is 67.4 Å². The number of hydrogen-bond donors (Lipinski definition) is 2. The molecule has 0 spiro atoms. The van der Waals surface area contributed by atoms with E-state index in [0.717, 1.165) is 12.1 Å². The van der Waals surface area contributed by atoms with Crippen LogP contribution in [0.3, 0.4) is 0 Å². The van der Waals surface area contributed by atoms with Crippen molar-refractivity contribution in [3.8, 4) is 0 Å². The lowest BCUT2D eigenvalue weighted by atomic mass is 10.1. The molecule has 2 rings (SSSR count). The van der Waals surface area contributed by atoms with Gasteiger partial charge >= 0.3 is 6.09 Å². The molecule has 2 amide bonds. The molecule has 0 aliphatic rings. The van der Waals surface area contributed by atoms with Crippen molar-refractivity contribution >= 4 is 17.7 Å². The molecule has 0 saturated heterocycles. The maximum atomic E-state index is 13.8. The number of carbonyl (C=O) groups excluding carboxylic acids is 2. The van der Waals surface area contributed by atoms with Crippen molar-refractivity contribution in [1.82, 2.24) is 5.32 Å². The van der Waals surface area contributed by atoms with Crippen LogP contribution in [0.1, 0.15) is 32.4 Å². The zero-order chi connectivity index (χ0) is 19.3. The summed E-state index contributed by atoms with van der Waals surface area (Å²) in [6, 6.07) is 10.1. The first kappa shape index (κ1) is 19.4. The Balaban J connectivity index is 2.22. The predicted octanol–water partition coefficient (Wildman–Crippen LogP) is 4.17. The number of amides is 2. The molecule has 26 heavy (non-hydrogen) atoms. The van der Waals surface area contributed by atoms with Crippen LogP contribution in [0.15, 0.2) is 48.5 Å². The van der Waals surface area contributed by atoms with E-state index >= 15 is 0 Å². The molecule has 138 valence electrons. The molecule has 0 aliphatic heterocycles. The Bertz CT molecular complexity index is 789. The molecule has 0 saturated carbocycles. The second-order valence-electron chi connectivity index (χ2n) is 6.60. The van der Waals surface area contributed by atoms with E-state index in [9.17, 15) is 18.4 Å². The van der Waals surface area contributed by atoms with Gasteiger partial charge in [0.15, 0.2) is 0 Å². The van der Waals surface area contributed by atoms with E-state index in [1.807, 2.05) is 0 Å². The number of halogens is 2. The Morgan fingerprint density at radius 1 is 1.04 bits per heavy atom.